The molecule has 0 spiro atoms. The number of nitrogens with one attached hydrogen (secondary N) is 2. The van der Waals surface area contributed by atoms with Gasteiger partial charge < -0.3 is 25.2 Å². The van der Waals surface area contributed by atoms with E-state index in [1.165, 1.54) is 19.2 Å². The summed E-state index contributed by atoms with van der Waals surface area (Å²) in [6.07, 6.45) is -0.735. The highest BCUT2D eigenvalue weighted by Crippen LogP contribution is 2.44. The molecule has 8 heteroatoms. The minimum Gasteiger partial charge on any atom is -0.478 e. The number of hydrogen-bond donors (Lipinski definition) is 3. The predicted octanol–water partition coefficient (Wildman–Crippen LogP) is 4.19. The summed E-state index contributed by atoms with van der Waals surface area (Å²) < 4.78 is 10.6. The van der Waals surface area contributed by atoms with Crippen molar-refractivity contribution in [3.8, 4) is 11.1 Å². The van der Waals surface area contributed by atoms with Crippen LogP contribution in [0.1, 0.15) is 33.0 Å². The zero-order valence-corrected chi connectivity index (χ0v) is 19.4. The number of carboxylic acid groups (broad SMARTS) is 1. The summed E-state index contributed by atoms with van der Waals surface area (Å²) in [4.78, 5) is 36.6. The predicted molar refractivity (Wildman–Crippen MR) is 131 cm³/mol. The smallest absolute Gasteiger partial charge is 0.407 e. The Morgan fingerprint density at radius 1 is 0.971 bits per heavy atom. The van der Waals surface area contributed by atoms with Gasteiger partial charge in [0.05, 0.1) is 12.2 Å². The maximum absolute atomic E-state index is 12.8. The Hall–Kier alpha value is -4.17. The second-order valence-corrected chi connectivity index (χ2v) is 8.30. The summed E-state index contributed by atoms with van der Waals surface area (Å²) in [5, 5.41) is 14.4. The van der Waals surface area contributed by atoms with E-state index in [1.807, 2.05) is 36.4 Å². The molecule has 0 aliphatic heterocycles. The third-order valence-electron chi connectivity index (χ3n) is 6.01. The minimum absolute atomic E-state index is 0.0672. The van der Waals surface area contributed by atoms with Crippen LogP contribution in [0.5, 0.6) is 0 Å². The second-order valence-electron chi connectivity index (χ2n) is 8.30. The summed E-state index contributed by atoms with van der Waals surface area (Å²) in [6.45, 7) is 1.69. The number of aromatic carboxylic acids is 1. The van der Waals surface area contributed by atoms with Gasteiger partial charge in [-0.15, -0.1) is 0 Å². The molecule has 0 heterocycles. The van der Waals surface area contributed by atoms with Crippen molar-refractivity contribution in [1.29, 1.82) is 0 Å². The number of carboxylic acids is 1. The van der Waals surface area contributed by atoms with E-state index < -0.39 is 24.0 Å². The number of carbonyl (C=O) groups is 3. The number of rotatable bonds is 8. The van der Waals surface area contributed by atoms with Gasteiger partial charge in [0.15, 0.2) is 0 Å². The SMILES string of the molecule is COC[C@H](NC(=O)OCC1c2ccccc2-c2ccccc21)C(=O)Nc1ccc(C(=O)O)c(C)c1. The number of ether oxygens (including phenoxy) is 2. The first-order valence-corrected chi connectivity index (χ1v) is 11.1. The average molecular weight is 475 g/mol. The number of benzene rings is 3. The summed E-state index contributed by atoms with van der Waals surface area (Å²) in [6, 6.07) is 19.5. The van der Waals surface area contributed by atoms with Gasteiger partial charge in [0.1, 0.15) is 12.6 Å². The van der Waals surface area contributed by atoms with Crippen LogP contribution in [0.2, 0.25) is 0 Å². The van der Waals surface area contributed by atoms with Crippen molar-refractivity contribution >= 4 is 23.7 Å². The van der Waals surface area contributed by atoms with Gasteiger partial charge in [-0.3, -0.25) is 4.79 Å². The standard InChI is InChI=1S/C27H26N2O6/c1-16-13-17(11-12-18(16)26(31)32)28-25(30)24(15-34-2)29-27(33)35-14-23-21-9-5-3-7-19(21)20-8-4-6-10-22(20)23/h3-13,23-24H,14-15H2,1-2H3,(H,28,30)(H,29,33)(H,31,32)/t24-/m0/s1. The Balaban J connectivity index is 1.40. The molecule has 0 fully saturated rings. The van der Waals surface area contributed by atoms with Crippen LogP contribution in [0.3, 0.4) is 0 Å². The molecule has 1 atom stereocenters. The Bertz CT molecular complexity index is 1230. The van der Waals surface area contributed by atoms with Gasteiger partial charge in [-0.25, -0.2) is 9.59 Å². The first kappa shape index (κ1) is 24.0. The molecule has 0 saturated carbocycles. The van der Waals surface area contributed by atoms with Crippen molar-refractivity contribution < 1.29 is 29.0 Å². The Morgan fingerprint density at radius 3 is 2.17 bits per heavy atom. The van der Waals surface area contributed by atoms with E-state index in [9.17, 15) is 14.4 Å². The Morgan fingerprint density at radius 2 is 1.60 bits per heavy atom. The van der Waals surface area contributed by atoms with Crippen molar-refractivity contribution in [1.82, 2.24) is 5.32 Å². The molecule has 3 N–H and O–H groups in total. The molecule has 0 radical (unpaired) electrons. The molecule has 8 nitrogen and oxygen atoms in total. The number of aryl methyl sites for hydroxylation is 1. The zero-order chi connectivity index (χ0) is 24.9. The minimum atomic E-state index is -1.05. The van der Waals surface area contributed by atoms with Crippen LogP contribution in [0, 0.1) is 6.92 Å². The molecule has 3 aromatic rings. The van der Waals surface area contributed by atoms with E-state index in [1.54, 1.807) is 13.0 Å². The maximum atomic E-state index is 12.8. The molecule has 180 valence electrons. The molecule has 0 saturated heterocycles. The van der Waals surface area contributed by atoms with E-state index in [0.717, 1.165) is 22.3 Å². The van der Waals surface area contributed by atoms with Gasteiger partial charge in [-0.05, 0) is 52.9 Å². The van der Waals surface area contributed by atoms with Crippen molar-refractivity contribution in [2.24, 2.45) is 0 Å². The van der Waals surface area contributed by atoms with Crippen molar-refractivity contribution in [2.45, 2.75) is 18.9 Å². The Kier molecular flexibility index (Phi) is 7.12. The molecule has 1 aliphatic rings. The van der Waals surface area contributed by atoms with Gasteiger partial charge >= 0.3 is 12.1 Å². The van der Waals surface area contributed by atoms with Gasteiger partial charge in [0, 0.05) is 18.7 Å². The molecule has 0 aromatic heterocycles. The quantitative estimate of drug-likeness (QED) is 0.451. The maximum Gasteiger partial charge on any atom is 0.407 e. The highest BCUT2D eigenvalue weighted by Gasteiger charge is 2.30. The van der Waals surface area contributed by atoms with E-state index in [-0.39, 0.29) is 24.7 Å². The highest BCUT2D eigenvalue weighted by atomic mass is 16.5. The third-order valence-corrected chi connectivity index (χ3v) is 6.01. The fraction of sp³-hybridized carbons (Fsp3) is 0.222. The fourth-order valence-corrected chi connectivity index (χ4v) is 4.34. The number of methoxy groups -OCH3 is 1. The van der Waals surface area contributed by atoms with Crippen molar-refractivity contribution in [3.05, 3.63) is 89.0 Å². The van der Waals surface area contributed by atoms with E-state index in [2.05, 4.69) is 22.8 Å². The van der Waals surface area contributed by atoms with E-state index >= 15 is 0 Å². The lowest BCUT2D eigenvalue weighted by atomic mass is 9.98. The van der Waals surface area contributed by atoms with Gasteiger partial charge in [-0.2, -0.15) is 0 Å². The van der Waals surface area contributed by atoms with E-state index in [4.69, 9.17) is 14.6 Å². The number of fused-ring (bicyclic) bond motifs is 3. The number of carbonyl (C=O) groups excluding carboxylic acids is 2. The third kappa shape index (κ3) is 5.17. The largest absolute Gasteiger partial charge is 0.478 e. The molecule has 1 aliphatic carbocycles. The number of alkyl carbamates (subject to hydrolysis) is 1. The molecule has 0 bridgehead atoms. The second kappa shape index (κ2) is 10.4. The number of anilines is 1. The van der Waals surface area contributed by atoms with Crippen LogP contribution < -0.4 is 10.6 Å². The number of hydrogen-bond acceptors (Lipinski definition) is 5. The van der Waals surface area contributed by atoms with Crippen LogP contribution in [0.25, 0.3) is 11.1 Å². The van der Waals surface area contributed by atoms with Crippen molar-refractivity contribution in [3.63, 3.8) is 0 Å². The summed E-state index contributed by atoms with van der Waals surface area (Å²) >= 11 is 0. The molecular weight excluding hydrogens is 448 g/mol. The normalized spacial score (nSPS) is 12.9. The summed E-state index contributed by atoms with van der Waals surface area (Å²) in [5.74, 6) is -1.66. The van der Waals surface area contributed by atoms with Gasteiger partial charge in [0.2, 0.25) is 5.91 Å². The first-order chi connectivity index (χ1) is 16.9. The lowest BCUT2D eigenvalue weighted by Crippen LogP contribution is -2.47. The molecule has 35 heavy (non-hydrogen) atoms. The first-order valence-electron chi connectivity index (χ1n) is 11.1. The van der Waals surface area contributed by atoms with Crippen LogP contribution in [0.15, 0.2) is 66.7 Å². The monoisotopic (exact) mass is 474 g/mol. The fourth-order valence-electron chi connectivity index (χ4n) is 4.34. The van der Waals surface area contributed by atoms with Crippen molar-refractivity contribution in [2.75, 3.05) is 25.6 Å². The van der Waals surface area contributed by atoms with Crippen LogP contribution in [-0.4, -0.2) is 49.4 Å². The Labute approximate surface area is 202 Å². The highest BCUT2D eigenvalue weighted by molar-refractivity contribution is 5.97. The van der Waals surface area contributed by atoms with Crippen LogP contribution >= 0.6 is 0 Å². The lowest BCUT2D eigenvalue weighted by Gasteiger charge is -2.19. The lowest BCUT2D eigenvalue weighted by molar-refractivity contribution is -0.119. The molecule has 0 unspecified atom stereocenters. The van der Waals surface area contributed by atoms with Gasteiger partial charge in [-0.1, -0.05) is 48.5 Å². The summed E-state index contributed by atoms with van der Waals surface area (Å²) in [7, 11) is 1.42. The molecule has 4 rings (SSSR count). The zero-order valence-electron chi connectivity index (χ0n) is 19.4. The topological polar surface area (TPSA) is 114 Å². The molecule has 2 amide bonds. The average Bonchev–Trinajstić information content (AvgIpc) is 3.16. The van der Waals surface area contributed by atoms with Gasteiger partial charge in [0.25, 0.3) is 0 Å². The van der Waals surface area contributed by atoms with Crippen LogP contribution in [0.4, 0.5) is 10.5 Å². The molecule has 3 aromatic carbocycles. The van der Waals surface area contributed by atoms with Crippen LogP contribution in [-0.2, 0) is 14.3 Å². The summed E-state index contributed by atoms with van der Waals surface area (Å²) in [5.41, 5.74) is 5.49. The van der Waals surface area contributed by atoms with E-state index in [0.29, 0.717) is 11.3 Å². The molecular formula is C27H26N2O6. The number of amides is 2.